The first kappa shape index (κ1) is 31.0. The van der Waals surface area contributed by atoms with E-state index in [0.717, 1.165) is 30.2 Å². The molecule has 0 radical (unpaired) electrons. The van der Waals surface area contributed by atoms with Crippen molar-refractivity contribution in [2.24, 2.45) is 0 Å². The van der Waals surface area contributed by atoms with Crippen LogP contribution >= 0.6 is 11.6 Å². The van der Waals surface area contributed by atoms with Gasteiger partial charge in [-0.25, -0.2) is 0 Å². The highest BCUT2D eigenvalue weighted by atomic mass is 35.5. The van der Waals surface area contributed by atoms with Crippen molar-refractivity contribution >= 4 is 30.7 Å². The Morgan fingerprint density at radius 2 is 1.17 bits per heavy atom. The van der Waals surface area contributed by atoms with Crippen LogP contribution < -0.4 is 14.3 Å². The molecule has 1 aliphatic rings. The summed E-state index contributed by atoms with van der Waals surface area (Å²) in [5, 5.41) is 0. The van der Waals surface area contributed by atoms with Crippen molar-refractivity contribution in [1.29, 1.82) is 0 Å². The molecule has 218 valence electrons. The van der Waals surface area contributed by atoms with Crippen molar-refractivity contribution in [1.82, 2.24) is 0 Å². The van der Waals surface area contributed by atoms with Gasteiger partial charge in [-0.1, -0.05) is 114 Å². The third-order valence-corrected chi connectivity index (χ3v) is 8.25. The van der Waals surface area contributed by atoms with Crippen LogP contribution in [0.25, 0.3) is 0 Å². The third kappa shape index (κ3) is 11.1. The Bertz CT molecular complexity index is 1130. The zero-order chi connectivity index (χ0) is 28.5. The maximum atomic E-state index is 12.5. The summed E-state index contributed by atoms with van der Waals surface area (Å²) in [5.41, 5.74) is 1.83. The molecule has 3 aromatic carbocycles. The molecule has 0 saturated heterocycles. The zero-order valence-corrected chi connectivity index (χ0v) is 25.2. The molecule has 0 aliphatic heterocycles. The minimum absolute atomic E-state index is 0.0692. The number of carbonyl (C=O) groups excluding carboxylic acids is 1. The van der Waals surface area contributed by atoms with Crippen molar-refractivity contribution in [3.63, 3.8) is 0 Å². The summed E-state index contributed by atoms with van der Waals surface area (Å²) < 4.78 is 12.3. The number of amides is 1. The van der Waals surface area contributed by atoms with E-state index in [1.54, 1.807) is 4.90 Å². The summed E-state index contributed by atoms with van der Waals surface area (Å²) in [6, 6.07) is 25.4. The summed E-state index contributed by atoms with van der Waals surface area (Å²) in [6.07, 6.45) is 17.7. The van der Waals surface area contributed by atoms with Crippen LogP contribution in [0.5, 0.6) is 17.2 Å². The van der Waals surface area contributed by atoms with Gasteiger partial charge in [-0.2, -0.15) is 0 Å². The number of carbonyl (C=O) groups is 1. The lowest BCUT2D eigenvalue weighted by molar-refractivity contribution is -0.116. The fraction of sp³-hybridized carbons (Fsp3) is 0.457. The van der Waals surface area contributed by atoms with Crippen LogP contribution in [-0.2, 0) is 11.3 Å². The molecule has 1 amide bonds. The van der Waals surface area contributed by atoms with E-state index in [1.807, 2.05) is 78.9 Å². The molecular weight excluding hydrogens is 529 g/mol. The molecule has 1 fully saturated rings. The van der Waals surface area contributed by atoms with Gasteiger partial charge in [0.25, 0.3) is 0 Å². The number of nitrogens with zero attached hydrogens (tertiary/aromatic N) is 1. The first-order valence-corrected chi connectivity index (χ1v) is 16.2. The maximum Gasteiger partial charge on any atom is 0.343 e. The van der Waals surface area contributed by atoms with Crippen LogP contribution in [0.3, 0.4) is 0 Å². The van der Waals surface area contributed by atoms with Gasteiger partial charge in [0.05, 0.1) is 12.3 Å². The first-order chi connectivity index (χ1) is 20.2. The van der Waals surface area contributed by atoms with E-state index in [9.17, 15) is 4.79 Å². The Balaban J connectivity index is 1.28. The van der Waals surface area contributed by atoms with Crippen molar-refractivity contribution in [3.05, 3.63) is 84.4 Å². The number of benzene rings is 3. The Morgan fingerprint density at radius 1 is 0.683 bits per heavy atom. The molecule has 4 nitrogen and oxygen atoms in total. The molecule has 3 aromatic rings. The Hall–Kier alpha value is -2.92. The largest absolute Gasteiger partial charge is 0.564 e. The van der Waals surface area contributed by atoms with E-state index in [2.05, 4.69) is 0 Å². The second kappa shape index (κ2) is 17.8. The monoisotopic (exact) mass is 573 g/mol. The topological polar surface area (TPSA) is 38.8 Å². The van der Waals surface area contributed by atoms with E-state index in [-0.39, 0.29) is 11.8 Å². The third-order valence-electron chi connectivity index (χ3n) is 8.02. The molecule has 0 bridgehead atoms. The number of anilines is 1. The predicted molar refractivity (Wildman–Crippen MR) is 173 cm³/mol. The summed E-state index contributed by atoms with van der Waals surface area (Å²) in [5.74, 6) is 2.78. The summed E-state index contributed by atoms with van der Waals surface area (Å²) >= 11 is 5.90. The lowest BCUT2D eigenvalue weighted by atomic mass is 9.73. The number of hydrogen-bond acceptors (Lipinski definition) is 3. The van der Waals surface area contributed by atoms with Crippen molar-refractivity contribution in [2.75, 3.05) is 10.8 Å². The maximum absolute atomic E-state index is 12.5. The quantitative estimate of drug-likeness (QED) is 0.189. The van der Waals surface area contributed by atoms with Gasteiger partial charge < -0.3 is 14.3 Å². The van der Waals surface area contributed by atoms with Gasteiger partial charge >= 0.3 is 7.48 Å². The van der Waals surface area contributed by atoms with Gasteiger partial charge in [0, 0.05) is 5.69 Å². The Morgan fingerprint density at radius 3 is 1.71 bits per heavy atom. The molecule has 6 heteroatoms. The van der Waals surface area contributed by atoms with Crippen LogP contribution in [-0.4, -0.2) is 19.3 Å². The standard InChI is InChI=1S/C35H45BClNO3/c37-27-35(39)38(28-29-15-11-10-12-16-29)31-19-21-32(22-20-31)40-33-23-25-34(26-24-33)41-36-30-17-13-8-6-4-2-1-3-5-7-9-14-18-30/h10-12,15-16,19-26,30,36H,1-9,13-14,17-18,27-28H2. The number of ether oxygens (including phenoxy) is 1. The van der Waals surface area contributed by atoms with Gasteiger partial charge in [-0.15, -0.1) is 11.6 Å². The van der Waals surface area contributed by atoms with Crippen molar-refractivity contribution in [2.45, 2.75) is 95.8 Å². The van der Waals surface area contributed by atoms with Gasteiger partial charge in [0.1, 0.15) is 17.4 Å². The normalized spacial score (nSPS) is 15.8. The first-order valence-electron chi connectivity index (χ1n) is 15.6. The molecule has 0 N–H and O–H groups in total. The molecule has 0 atom stereocenters. The average molecular weight is 574 g/mol. The second-order valence-electron chi connectivity index (χ2n) is 11.3. The van der Waals surface area contributed by atoms with Gasteiger partial charge in [-0.3, -0.25) is 4.79 Å². The smallest absolute Gasteiger partial charge is 0.343 e. The lowest BCUT2D eigenvalue weighted by Gasteiger charge is -2.22. The van der Waals surface area contributed by atoms with Crippen LogP contribution in [0.2, 0.25) is 5.82 Å². The van der Waals surface area contributed by atoms with E-state index in [0.29, 0.717) is 18.1 Å². The SMILES string of the molecule is O=C(CCl)N(Cc1ccccc1)c1ccc(Oc2ccc(OBC3CCCCCCCCCCCCC3)cc2)cc1. The summed E-state index contributed by atoms with van der Waals surface area (Å²) in [6.45, 7) is 0.467. The van der Waals surface area contributed by atoms with Gasteiger partial charge in [0.2, 0.25) is 5.91 Å². The molecule has 1 aliphatic carbocycles. The summed E-state index contributed by atoms with van der Waals surface area (Å²) in [4.78, 5) is 14.2. The van der Waals surface area contributed by atoms with Crippen LogP contribution in [0.15, 0.2) is 78.9 Å². The molecule has 0 aromatic heterocycles. The average Bonchev–Trinajstić information content (AvgIpc) is 3.01. The number of rotatable bonds is 9. The number of hydrogen-bond donors (Lipinski definition) is 0. The minimum Gasteiger partial charge on any atom is -0.564 e. The highest BCUT2D eigenvalue weighted by Crippen LogP contribution is 2.29. The van der Waals surface area contributed by atoms with E-state index >= 15 is 0 Å². The lowest BCUT2D eigenvalue weighted by Crippen LogP contribution is -2.31. The predicted octanol–water partition coefficient (Wildman–Crippen LogP) is 9.85. The van der Waals surface area contributed by atoms with Gasteiger partial charge in [0.15, 0.2) is 0 Å². The van der Waals surface area contributed by atoms with E-state index < -0.39 is 0 Å². The molecule has 41 heavy (non-hydrogen) atoms. The van der Waals surface area contributed by atoms with Crippen LogP contribution in [0.1, 0.15) is 89.0 Å². The van der Waals surface area contributed by atoms with E-state index in [1.165, 1.54) is 83.5 Å². The highest BCUT2D eigenvalue weighted by molar-refractivity contribution is 6.30. The van der Waals surface area contributed by atoms with Crippen LogP contribution in [0.4, 0.5) is 5.69 Å². The molecule has 4 rings (SSSR count). The minimum atomic E-state index is -0.137. The molecule has 0 unspecified atom stereocenters. The number of halogens is 1. The molecule has 1 saturated carbocycles. The Kier molecular flexibility index (Phi) is 13.5. The van der Waals surface area contributed by atoms with E-state index in [4.69, 9.17) is 21.0 Å². The fourth-order valence-electron chi connectivity index (χ4n) is 5.58. The van der Waals surface area contributed by atoms with Crippen LogP contribution in [0, 0.1) is 0 Å². The zero-order valence-electron chi connectivity index (χ0n) is 24.4. The summed E-state index contributed by atoms with van der Waals surface area (Å²) in [7, 11) is 0.794. The molecule has 0 spiro atoms. The van der Waals surface area contributed by atoms with Crippen molar-refractivity contribution < 1.29 is 14.2 Å². The number of alkyl halides is 1. The van der Waals surface area contributed by atoms with Gasteiger partial charge in [-0.05, 0) is 59.9 Å². The molecule has 0 heterocycles. The second-order valence-corrected chi connectivity index (χ2v) is 11.6. The Labute approximate surface area is 252 Å². The fourth-order valence-corrected chi connectivity index (χ4v) is 5.72. The highest BCUT2D eigenvalue weighted by Gasteiger charge is 2.16. The molecular formula is C35H45BClNO3. The van der Waals surface area contributed by atoms with Crippen molar-refractivity contribution in [3.8, 4) is 17.2 Å².